The topological polar surface area (TPSA) is 43.9 Å². The van der Waals surface area contributed by atoms with Gasteiger partial charge in [0.2, 0.25) is 11.8 Å². The van der Waals surface area contributed by atoms with Crippen LogP contribution in [0.15, 0.2) is 60.7 Å². The lowest BCUT2D eigenvalue weighted by molar-refractivity contribution is -0.135. The highest BCUT2D eigenvalue weighted by atomic mass is 16.2. The van der Waals surface area contributed by atoms with Crippen LogP contribution in [-0.4, -0.2) is 65.8 Å². The Labute approximate surface area is 192 Å². The summed E-state index contributed by atoms with van der Waals surface area (Å²) in [6.07, 6.45) is 3.16. The first-order valence-corrected chi connectivity index (χ1v) is 12.0. The number of amides is 2. The molecule has 2 amide bonds. The molecular weight excluding hydrogens is 398 g/mol. The molecule has 2 aromatic rings. The quantitative estimate of drug-likeness (QED) is 0.664. The van der Waals surface area contributed by atoms with Crippen molar-refractivity contribution in [2.24, 2.45) is 5.92 Å². The Morgan fingerprint density at radius 1 is 0.688 bits per heavy atom. The third-order valence-corrected chi connectivity index (χ3v) is 6.77. The molecule has 2 heterocycles. The van der Waals surface area contributed by atoms with Gasteiger partial charge < -0.3 is 9.80 Å². The molecule has 2 fully saturated rings. The van der Waals surface area contributed by atoms with Crippen LogP contribution in [0.3, 0.4) is 0 Å². The molecule has 32 heavy (non-hydrogen) atoms. The Kier molecular flexibility index (Phi) is 7.59. The van der Waals surface area contributed by atoms with Crippen LogP contribution in [-0.2, 0) is 9.59 Å². The van der Waals surface area contributed by atoms with Gasteiger partial charge in [-0.25, -0.2) is 0 Å². The van der Waals surface area contributed by atoms with Crippen molar-refractivity contribution in [1.82, 2.24) is 14.7 Å². The summed E-state index contributed by atoms with van der Waals surface area (Å²) in [5, 5.41) is 0. The Hall–Kier alpha value is -2.66. The number of hydrogen-bond donors (Lipinski definition) is 0. The van der Waals surface area contributed by atoms with Crippen molar-refractivity contribution in [3.8, 4) is 0 Å². The number of carbonyl (C=O) groups excluding carboxylic acids is 2. The third kappa shape index (κ3) is 5.57. The van der Waals surface area contributed by atoms with Crippen LogP contribution in [0, 0.1) is 5.92 Å². The monoisotopic (exact) mass is 433 g/mol. The highest BCUT2D eigenvalue weighted by Gasteiger charge is 2.29. The van der Waals surface area contributed by atoms with Crippen molar-refractivity contribution < 1.29 is 9.59 Å². The highest BCUT2D eigenvalue weighted by Crippen LogP contribution is 2.29. The molecule has 2 aliphatic heterocycles. The van der Waals surface area contributed by atoms with Crippen LogP contribution in [0.5, 0.6) is 0 Å². The standard InChI is InChI=1S/C27H35N3O2/c1-22(20-25(31)28-14-8-9-15-28)21-26(32)29-16-18-30(19-17-29)27(23-10-4-2-5-11-23)24-12-6-3-7-13-24/h2-7,10-13,22,27H,8-9,14-21H2,1H3/t22-/m1/s1. The summed E-state index contributed by atoms with van der Waals surface area (Å²) in [6.45, 7) is 6.96. The SMILES string of the molecule is C[C@H](CC(=O)N1CCCC1)CC(=O)N1CCN(C(c2ccccc2)c2ccccc2)CC1. The maximum Gasteiger partial charge on any atom is 0.222 e. The fourth-order valence-corrected chi connectivity index (χ4v) is 5.01. The van der Waals surface area contributed by atoms with Gasteiger partial charge in [-0.05, 0) is 29.9 Å². The number of hydrogen-bond acceptors (Lipinski definition) is 3. The number of carbonyl (C=O) groups is 2. The van der Waals surface area contributed by atoms with E-state index in [1.807, 2.05) is 16.7 Å². The number of likely N-dealkylation sites (tertiary alicyclic amines) is 1. The smallest absolute Gasteiger partial charge is 0.222 e. The molecule has 5 nitrogen and oxygen atoms in total. The summed E-state index contributed by atoms with van der Waals surface area (Å²) in [6, 6.07) is 21.4. The maximum absolute atomic E-state index is 12.9. The Bertz CT molecular complexity index is 833. The van der Waals surface area contributed by atoms with Crippen LogP contribution < -0.4 is 0 Å². The molecule has 0 saturated carbocycles. The van der Waals surface area contributed by atoms with Crippen LogP contribution in [0.4, 0.5) is 0 Å². The molecule has 0 aliphatic carbocycles. The second-order valence-electron chi connectivity index (χ2n) is 9.24. The van der Waals surface area contributed by atoms with E-state index in [4.69, 9.17) is 0 Å². The molecule has 2 aliphatic rings. The Balaban J connectivity index is 1.33. The normalized spacial score (nSPS) is 18.2. The van der Waals surface area contributed by atoms with Gasteiger partial charge in [-0.1, -0.05) is 67.6 Å². The molecule has 1 atom stereocenters. The van der Waals surface area contributed by atoms with Gasteiger partial charge in [0.1, 0.15) is 0 Å². The number of piperazine rings is 1. The zero-order valence-electron chi connectivity index (χ0n) is 19.2. The van der Waals surface area contributed by atoms with E-state index < -0.39 is 0 Å². The molecule has 4 rings (SSSR count). The van der Waals surface area contributed by atoms with E-state index in [1.54, 1.807) is 0 Å². The average Bonchev–Trinajstić information content (AvgIpc) is 3.36. The highest BCUT2D eigenvalue weighted by molar-refractivity contribution is 5.79. The van der Waals surface area contributed by atoms with Crippen molar-refractivity contribution in [3.63, 3.8) is 0 Å². The first kappa shape index (κ1) is 22.5. The molecule has 0 unspecified atom stereocenters. The second-order valence-corrected chi connectivity index (χ2v) is 9.24. The Morgan fingerprint density at radius 3 is 1.59 bits per heavy atom. The minimum absolute atomic E-state index is 0.0926. The summed E-state index contributed by atoms with van der Waals surface area (Å²) in [7, 11) is 0. The van der Waals surface area contributed by atoms with Crippen molar-refractivity contribution in [2.45, 2.75) is 38.6 Å². The van der Waals surface area contributed by atoms with E-state index >= 15 is 0 Å². The minimum Gasteiger partial charge on any atom is -0.343 e. The van der Waals surface area contributed by atoms with Gasteiger partial charge in [0, 0.05) is 52.1 Å². The van der Waals surface area contributed by atoms with Gasteiger partial charge in [0.05, 0.1) is 6.04 Å². The van der Waals surface area contributed by atoms with Gasteiger partial charge in [0.25, 0.3) is 0 Å². The van der Waals surface area contributed by atoms with E-state index in [1.165, 1.54) is 11.1 Å². The molecule has 5 heteroatoms. The summed E-state index contributed by atoms with van der Waals surface area (Å²) in [5.74, 6) is 0.485. The van der Waals surface area contributed by atoms with E-state index in [2.05, 4.69) is 65.6 Å². The van der Waals surface area contributed by atoms with Crippen LogP contribution in [0.1, 0.15) is 49.8 Å². The molecule has 170 valence electrons. The van der Waals surface area contributed by atoms with Crippen LogP contribution in [0.2, 0.25) is 0 Å². The van der Waals surface area contributed by atoms with Crippen LogP contribution in [0.25, 0.3) is 0 Å². The molecule has 0 spiro atoms. The van der Waals surface area contributed by atoms with Crippen molar-refractivity contribution >= 4 is 11.8 Å². The fraction of sp³-hybridized carbons (Fsp3) is 0.481. The van der Waals surface area contributed by atoms with Crippen molar-refractivity contribution in [1.29, 1.82) is 0 Å². The summed E-state index contributed by atoms with van der Waals surface area (Å²) in [4.78, 5) is 31.7. The lowest BCUT2D eigenvalue weighted by atomic mass is 9.96. The number of rotatable bonds is 7. The second kappa shape index (κ2) is 10.8. The van der Waals surface area contributed by atoms with Crippen molar-refractivity contribution in [2.75, 3.05) is 39.3 Å². The average molecular weight is 434 g/mol. The van der Waals surface area contributed by atoms with E-state index in [0.29, 0.717) is 12.8 Å². The Morgan fingerprint density at radius 2 is 1.12 bits per heavy atom. The first-order valence-electron chi connectivity index (χ1n) is 12.0. The zero-order chi connectivity index (χ0) is 22.3. The zero-order valence-corrected chi connectivity index (χ0v) is 19.2. The van der Waals surface area contributed by atoms with Gasteiger partial charge in [-0.2, -0.15) is 0 Å². The summed E-state index contributed by atoms with van der Waals surface area (Å²) in [5.41, 5.74) is 2.57. The van der Waals surface area contributed by atoms with Gasteiger partial charge in [-0.3, -0.25) is 14.5 Å². The number of nitrogens with zero attached hydrogens (tertiary/aromatic N) is 3. The van der Waals surface area contributed by atoms with Crippen LogP contribution >= 0.6 is 0 Å². The van der Waals surface area contributed by atoms with E-state index in [-0.39, 0.29) is 23.8 Å². The third-order valence-electron chi connectivity index (χ3n) is 6.77. The molecule has 0 aromatic heterocycles. The fourth-order valence-electron chi connectivity index (χ4n) is 5.01. The predicted molar refractivity (Wildman–Crippen MR) is 127 cm³/mol. The van der Waals surface area contributed by atoms with E-state index in [9.17, 15) is 9.59 Å². The molecular formula is C27H35N3O2. The van der Waals surface area contributed by atoms with Crippen molar-refractivity contribution in [3.05, 3.63) is 71.8 Å². The molecule has 0 N–H and O–H groups in total. The lowest BCUT2D eigenvalue weighted by Crippen LogP contribution is -2.50. The molecule has 2 aromatic carbocycles. The first-order chi connectivity index (χ1) is 15.6. The van der Waals surface area contributed by atoms with Gasteiger partial charge in [0.15, 0.2) is 0 Å². The summed E-state index contributed by atoms with van der Waals surface area (Å²) >= 11 is 0. The predicted octanol–water partition coefficient (Wildman–Crippen LogP) is 3.96. The van der Waals surface area contributed by atoms with Gasteiger partial charge in [-0.15, -0.1) is 0 Å². The molecule has 2 saturated heterocycles. The lowest BCUT2D eigenvalue weighted by Gasteiger charge is -2.40. The molecule has 0 radical (unpaired) electrons. The van der Waals surface area contributed by atoms with E-state index in [0.717, 1.165) is 52.1 Å². The minimum atomic E-state index is 0.0926. The largest absolute Gasteiger partial charge is 0.343 e. The number of benzene rings is 2. The maximum atomic E-state index is 12.9. The molecule has 0 bridgehead atoms. The van der Waals surface area contributed by atoms with Gasteiger partial charge >= 0.3 is 0 Å². The summed E-state index contributed by atoms with van der Waals surface area (Å²) < 4.78 is 0.